The number of carbonyl (C=O) groups is 1. The number of halogens is 2. The van der Waals surface area contributed by atoms with Crippen molar-refractivity contribution in [3.05, 3.63) is 52.0 Å². The van der Waals surface area contributed by atoms with Crippen molar-refractivity contribution in [2.75, 3.05) is 25.6 Å². The smallest absolute Gasteiger partial charge is 0.257 e. The predicted octanol–water partition coefficient (Wildman–Crippen LogP) is 2.52. The summed E-state index contributed by atoms with van der Waals surface area (Å²) in [6.45, 7) is -0.468. The average molecular weight is 419 g/mol. The Morgan fingerprint density at radius 3 is 2.54 bits per heavy atom. The molecule has 0 spiro atoms. The lowest BCUT2D eigenvalue weighted by Gasteiger charge is -2.13. The van der Waals surface area contributed by atoms with Gasteiger partial charge in [0.1, 0.15) is 5.75 Å². The number of sulfonamides is 1. The molecule has 0 aromatic heterocycles. The zero-order valence-corrected chi connectivity index (χ0v) is 16.0. The molecule has 2 rings (SSSR count). The quantitative estimate of drug-likeness (QED) is 0.640. The lowest BCUT2D eigenvalue weighted by Crippen LogP contribution is -2.26. The summed E-state index contributed by atoms with van der Waals surface area (Å²) >= 11 is 11.8. The summed E-state index contributed by atoms with van der Waals surface area (Å²) in [5.41, 5.74) is 0.320. The summed E-state index contributed by atoms with van der Waals surface area (Å²) in [5.74, 6) is -0.285. The maximum atomic E-state index is 12.5. The summed E-state index contributed by atoms with van der Waals surface area (Å²) in [4.78, 5) is 12.4. The number of hydrogen-bond donors (Lipinski definition) is 3. The van der Waals surface area contributed by atoms with Gasteiger partial charge in [-0.15, -0.1) is 0 Å². The lowest BCUT2D eigenvalue weighted by molar-refractivity contribution is 0.102. The Morgan fingerprint density at radius 1 is 1.19 bits per heavy atom. The number of ether oxygens (including phenoxy) is 1. The molecule has 2 aromatic rings. The Kier molecular flexibility index (Phi) is 6.85. The SMILES string of the molecule is COc1ccc(S(=O)(=O)NCCO)cc1NC(=O)c1ccc(Cl)cc1Cl. The molecule has 2 aromatic carbocycles. The van der Waals surface area contributed by atoms with Crippen LogP contribution in [0.2, 0.25) is 10.0 Å². The van der Waals surface area contributed by atoms with E-state index in [0.29, 0.717) is 5.02 Å². The number of rotatable bonds is 7. The highest BCUT2D eigenvalue weighted by Gasteiger charge is 2.18. The van der Waals surface area contributed by atoms with Crippen molar-refractivity contribution in [1.29, 1.82) is 0 Å². The Labute approximate surface area is 160 Å². The molecule has 0 fully saturated rings. The summed E-state index contributed by atoms with van der Waals surface area (Å²) in [6, 6.07) is 8.38. The molecule has 0 saturated carbocycles. The van der Waals surface area contributed by atoms with Crippen LogP contribution < -0.4 is 14.8 Å². The van der Waals surface area contributed by atoms with Gasteiger partial charge >= 0.3 is 0 Å². The number of carbonyl (C=O) groups excluding carboxylic acids is 1. The van der Waals surface area contributed by atoms with Crippen LogP contribution in [0.5, 0.6) is 5.75 Å². The van der Waals surface area contributed by atoms with Crippen molar-refractivity contribution in [3.8, 4) is 5.75 Å². The molecule has 0 aliphatic carbocycles. The minimum atomic E-state index is -3.84. The number of hydrogen-bond acceptors (Lipinski definition) is 5. The summed E-state index contributed by atoms with van der Waals surface area (Å²) < 4.78 is 31.7. The van der Waals surface area contributed by atoms with E-state index in [9.17, 15) is 13.2 Å². The molecule has 0 heterocycles. The number of aliphatic hydroxyl groups is 1. The normalized spacial score (nSPS) is 11.2. The molecule has 0 radical (unpaired) electrons. The molecule has 10 heteroatoms. The van der Waals surface area contributed by atoms with Gasteiger partial charge in [-0.1, -0.05) is 23.2 Å². The number of methoxy groups -OCH3 is 1. The highest BCUT2D eigenvalue weighted by Crippen LogP contribution is 2.29. The van der Waals surface area contributed by atoms with Gasteiger partial charge in [0.05, 0.1) is 34.9 Å². The first-order valence-electron chi connectivity index (χ1n) is 7.33. The van der Waals surface area contributed by atoms with E-state index < -0.39 is 15.9 Å². The van der Waals surface area contributed by atoms with E-state index in [4.69, 9.17) is 33.0 Å². The van der Waals surface area contributed by atoms with Gasteiger partial charge in [-0.2, -0.15) is 0 Å². The standard InChI is InChI=1S/C16H16Cl2N2O5S/c1-25-15-5-3-11(26(23,24)19-6-7-21)9-14(15)20-16(22)12-4-2-10(17)8-13(12)18/h2-5,8-9,19,21H,6-7H2,1H3,(H,20,22). The Bertz CT molecular complexity index is 919. The molecule has 7 nitrogen and oxygen atoms in total. The number of aliphatic hydroxyl groups excluding tert-OH is 1. The predicted molar refractivity (Wildman–Crippen MR) is 99.7 cm³/mol. The van der Waals surface area contributed by atoms with Gasteiger partial charge in [-0.25, -0.2) is 13.1 Å². The largest absolute Gasteiger partial charge is 0.495 e. The fourth-order valence-corrected chi connectivity index (χ4v) is 3.62. The van der Waals surface area contributed by atoms with Crippen LogP contribution in [0.1, 0.15) is 10.4 Å². The van der Waals surface area contributed by atoms with Gasteiger partial charge in [-0.3, -0.25) is 4.79 Å². The van der Waals surface area contributed by atoms with E-state index in [2.05, 4.69) is 10.0 Å². The topological polar surface area (TPSA) is 105 Å². The van der Waals surface area contributed by atoms with Crippen LogP contribution in [0.3, 0.4) is 0 Å². The minimum absolute atomic E-state index is 0.0933. The first kappa shape index (κ1) is 20.5. The van der Waals surface area contributed by atoms with Gasteiger partial charge in [-0.05, 0) is 36.4 Å². The first-order valence-corrected chi connectivity index (χ1v) is 9.57. The van der Waals surface area contributed by atoms with Gasteiger partial charge in [0.25, 0.3) is 5.91 Å². The van der Waals surface area contributed by atoms with Gasteiger partial charge < -0.3 is 15.2 Å². The fourth-order valence-electron chi connectivity index (χ4n) is 2.08. The highest BCUT2D eigenvalue weighted by molar-refractivity contribution is 7.89. The van der Waals surface area contributed by atoms with Crippen molar-refractivity contribution in [2.45, 2.75) is 4.90 Å². The number of nitrogens with one attached hydrogen (secondary N) is 2. The molecule has 0 aliphatic rings. The Balaban J connectivity index is 2.35. The number of amides is 1. The van der Waals surface area contributed by atoms with Gasteiger partial charge in [0.2, 0.25) is 10.0 Å². The second kappa shape index (κ2) is 8.70. The van der Waals surface area contributed by atoms with E-state index in [1.807, 2.05) is 0 Å². The number of anilines is 1. The molecule has 0 saturated heterocycles. The summed E-state index contributed by atoms with van der Waals surface area (Å²) in [6.07, 6.45) is 0. The number of benzene rings is 2. The van der Waals surface area contributed by atoms with Crippen LogP contribution in [-0.4, -0.2) is 39.7 Å². The molecule has 26 heavy (non-hydrogen) atoms. The average Bonchev–Trinajstić information content (AvgIpc) is 2.59. The van der Waals surface area contributed by atoms with Crippen LogP contribution in [0.15, 0.2) is 41.3 Å². The molecule has 0 atom stereocenters. The zero-order valence-electron chi connectivity index (χ0n) is 13.6. The van der Waals surface area contributed by atoms with E-state index in [0.717, 1.165) is 0 Å². The van der Waals surface area contributed by atoms with E-state index in [1.54, 1.807) is 0 Å². The van der Waals surface area contributed by atoms with Crippen molar-refractivity contribution in [3.63, 3.8) is 0 Å². The summed E-state index contributed by atoms with van der Waals surface area (Å²) in [5, 5.41) is 11.9. The van der Waals surface area contributed by atoms with Crippen LogP contribution >= 0.6 is 23.2 Å². The van der Waals surface area contributed by atoms with Crippen LogP contribution in [0.4, 0.5) is 5.69 Å². The summed E-state index contributed by atoms with van der Waals surface area (Å²) in [7, 11) is -2.46. The van der Waals surface area contributed by atoms with Crippen molar-refractivity contribution < 1.29 is 23.1 Å². The second-order valence-electron chi connectivity index (χ2n) is 5.06. The Hall–Kier alpha value is -1.84. The third kappa shape index (κ3) is 4.87. The molecule has 140 valence electrons. The maximum Gasteiger partial charge on any atom is 0.257 e. The van der Waals surface area contributed by atoms with Crippen LogP contribution in [-0.2, 0) is 10.0 Å². The lowest BCUT2D eigenvalue weighted by atomic mass is 10.2. The second-order valence-corrected chi connectivity index (χ2v) is 7.67. The zero-order chi connectivity index (χ0) is 19.3. The monoisotopic (exact) mass is 418 g/mol. The maximum absolute atomic E-state index is 12.5. The fraction of sp³-hybridized carbons (Fsp3) is 0.188. The van der Waals surface area contributed by atoms with Crippen molar-refractivity contribution in [1.82, 2.24) is 4.72 Å². The molecule has 1 amide bonds. The Morgan fingerprint density at radius 2 is 1.92 bits per heavy atom. The van der Waals surface area contributed by atoms with Crippen molar-refractivity contribution >= 4 is 44.8 Å². The van der Waals surface area contributed by atoms with Gasteiger partial charge in [0.15, 0.2) is 0 Å². The molecular weight excluding hydrogens is 403 g/mol. The van der Waals surface area contributed by atoms with Gasteiger partial charge in [0, 0.05) is 11.6 Å². The van der Waals surface area contributed by atoms with Crippen molar-refractivity contribution in [2.24, 2.45) is 0 Å². The molecule has 3 N–H and O–H groups in total. The minimum Gasteiger partial charge on any atom is -0.495 e. The third-order valence-corrected chi connectivity index (χ3v) is 5.32. The molecule has 0 aliphatic heterocycles. The van der Waals surface area contributed by atoms with E-state index in [1.165, 1.54) is 43.5 Å². The van der Waals surface area contributed by atoms with E-state index in [-0.39, 0.29) is 40.1 Å². The highest BCUT2D eigenvalue weighted by atomic mass is 35.5. The third-order valence-electron chi connectivity index (χ3n) is 3.31. The van der Waals surface area contributed by atoms with E-state index >= 15 is 0 Å². The molecule has 0 bridgehead atoms. The first-order chi connectivity index (χ1) is 12.3. The molecular formula is C16H16Cl2N2O5S. The molecule has 0 unspecified atom stereocenters. The van der Waals surface area contributed by atoms with Crippen LogP contribution in [0.25, 0.3) is 0 Å². The van der Waals surface area contributed by atoms with Crippen LogP contribution in [0, 0.1) is 0 Å².